The highest BCUT2D eigenvalue weighted by atomic mass is 16.2. The summed E-state index contributed by atoms with van der Waals surface area (Å²) in [5.41, 5.74) is 2.01. The Balaban J connectivity index is 1.41. The molecule has 2 N–H and O–H groups in total. The number of amides is 3. The van der Waals surface area contributed by atoms with Crippen LogP contribution in [0.2, 0.25) is 0 Å². The van der Waals surface area contributed by atoms with Crippen LogP contribution in [0.4, 0.5) is 5.69 Å². The largest absolute Gasteiger partial charge is 0.353 e. The molecule has 0 spiro atoms. The Morgan fingerprint density at radius 3 is 2.61 bits per heavy atom. The first-order chi connectivity index (χ1) is 13.4. The molecule has 0 aliphatic carbocycles. The first kappa shape index (κ1) is 20.3. The second kappa shape index (κ2) is 9.19. The fraction of sp³-hybridized carbons (Fsp3) is 0.571. The van der Waals surface area contributed by atoms with E-state index in [0.717, 1.165) is 11.3 Å². The Morgan fingerprint density at radius 2 is 1.89 bits per heavy atom. The highest BCUT2D eigenvalue weighted by Gasteiger charge is 2.28. The lowest BCUT2D eigenvalue weighted by atomic mass is 9.89. The van der Waals surface area contributed by atoms with E-state index in [-0.39, 0.29) is 29.7 Å². The molecule has 7 heteroatoms. The van der Waals surface area contributed by atoms with Gasteiger partial charge in [-0.2, -0.15) is 0 Å². The highest BCUT2D eigenvalue weighted by molar-refractivity contribution is 5.96. The fourth-order valence-electron chi connectivity index (χ4n) is 3.83. The second-order valence-electron chi connectivity index (χ2n) is 7.97. The SMILES string of the molecule is CC(C)NC(=O)CN1CCN(C(=O)CCC2Cc3ccccc3NC2=O)CC1. The van der Waals surface area contributed by atoms with Crippen LogP contribution in [-0.2, 0) is 20.8 Å². The number of para-hydroxylation sites is 1. The number of fused-ring (bicyclic) bond motifs is 1. The van der Waals surface area contributed by atoms with Crippen LogP contribution >= 0.6 is 0 Å². The molecule has 2 aliphatic heterocycles. The maximum Gasteiger partial charge on any atom is 0.234 e. The number of rotatable bonds is 6. The summed E-state index contributed by atoms with van der Waals surface area (Å²) in [6, 6.07) is 7.96. The Bertz CT molecular complexity index is 726. The average Bonchev–Trinajstić information content (AvgIpc) is 2.66. The van der Waals surface area contributed by atoms with Crippen LogP contribution in [0.15, 0.2) is 24.3 Å². The zero-order valence-corrected chi connectivity index (χ0v) is 16.7. The maximum atomic E-state index is 12.6. The van der Waals surface area contributed by atoms with E-state index in [1.165, 1.54) is 0 Å². The molecule has 1 aromatic carbocycles. The van der Waals surface area contributed by atoms with Gasteiger partial charge in [0.05, 0.1) is 6.54 Å². The van der Waals surface area contributed by atoms with Gasteiger partial charge >= 0.3 is 0 Å². The summed E-state index contributed by atoms with van der Waals surface area (Å²) in [4.78, 5) is 40.6. The van der Waals surface area contributed by atoms with E-state index in [9.17, 15) is 14.4 Å². The number of nitrogens with one attached hydrogen (secondary N) is 2. The molecule has 0 bridgehead atoms. The van der Waals surface area contributed by atoms with Crippen molar-refractivity contribution in [2.75, 3.05) is 38.0 Å². The van der Waals surface area contributed by atoms with Crippen LogP contribution in [0.3, 0.4) is 0 Å². The Labute approximate surface area is 166 Å². The van der Waals surface area contributed by atoms with Crippen molar-refractivity contribution in [2.24, 2.45) is 5.92 Å². The molecule has 3 rings (SSSR count). The molecule has 0 radical (unpaired) electrons. The minimum absolute atomic E-state index is 0.00693. The van der Waals surface area contributed by atoms with Gasteiger partial charge < -0.3 is 15.5 Å². The van der Waals surface area contributed by atoms with Gasteiger partial charge in [-0.3, -0.25) is 19.3 Å². The minimum atomic E-state index is -0.153. The molecule has 1 atom stereocenters. The van der Waals surface area contributed by atoms with Gasteiger partial charge in [0.1, 0.15) is 0 Å². The van der Waals surface area contributed by atoms with Crippen molar-refractivity contribution in [3.05, 3.63) is 29.8 Å². The number of benzene rings is 1. The number of carbonyl (C=O) groups is 3. The van der Waals surface area contributed by atoms with Crippen molar-refractivity contribution < 1.29 is 14.4 Å². The molecular formula is C21H30N4O3. The van der Waals surface area contributed by atoms with E-state index in [0.29, 0.717) is 52.0 Å². The smallest absolute Gasteiger partial charge is 0.234 e. The lowest BCUT2D eigenvalue weighted by Gasteiger charge is -2.34. The molecule has 28 heavy (non-hydrogen) atoms. The van der Waals surface area contributed by atoms with E-state index >= 15 is 0 Å². The van der Waals surface area contributed by atoms with Gasteiger partial charge in [-0.25, -0.2) is 0 Å². The fourth-order valence-corrected chi connectivity index (χ4v) is 3.83. The molecule has 1 fully saturated rings. The monoisotopic (exact) mass is 386 g/mol. The minimum Gasteiger partial charge on any atom is -0.353 e. The number of nitrogens with zero attached hydrogens (tertiary/aromatic N) is 2. The molecule has 152 valence electrons. The summed E-state index contributed by atoms with van der Waals surface area (Å²) in [6.45, 7) is 6.94. The summed E-state index contributed by atoms with van der Waals surface area (Å²) in [5.74, 6) is -0.0244. The maximum absolute atomic E-state index is 12.6. The lowest BCUT2D eigenvalue weighted by Crippen LogP contribution is -2.51. The Morgan fingerprint density at radius 1 is 1.18 bits per heavy atom. The van der Waals surface area contributed by atoms with Crippen molar-refractivity contribution in [3.63, 3.8) is 0 Å². The number of hydrogen-bond acceptors (Lipinski definition) is 4. The summed E-state index contributed by atoms with van der Waals surface area (Å²) < 4.78 is 0. The molecule has 1 unspecified atom stereocenters. The summed E-state index contributed by atoms with van der Waals surface area (Å²) in [6.07, 6.45) is 1.64. The van der Waals surface area contributed by atoms with Crippen molar-refractivity contribution >= 4 is 23.4 Å². The second-order valence-corrected chi connectivity index (χ2v) is 7.97. The van der Waals surface area contributed by atoms with Gasteiger partial charge in [-0.1, -0.05) is 18.2 Å². The molecular weight excluding hydrogens is 356 g/mol. The first-order valence-electron chi connectivity index (χ1n) is 10.1. The van der Waals surface area contributed by atoms with E-state index in [1.807, 2.05) is 43.0 Å². The van der Waals surface area contributed by atoms with Gasteiger partial charge in [-0.05, 0) is 38.3 Å². The number of carbonyl (C=O) groups excluding carboxylic acids is 3. The van der Waals surface area contributed by atoms with Crippen LogP contribution in [0, 0.1) is 5.92 Å². The van der Waals surface area contributed by atoms with Crippen molar-refractivity contribution in [1.29, 1.82) is 0 Å². The van der Waals surface area contributed by atoms with Gasteiger partial charge in [0.25, 0.3) is 0 Å². The zero-order valence-electron chi connectivity index (χ0n) is 16.7. The molecule has 3 amide bonds. The highest BCUT2D eigenvalue weighted by Crippen LogP contribution is 2.27. The summed E-state index contributed by atoms with van der Waals surface area (Å²) in [5, 5.41) is 5.84. The average molecular weight is 386 g/mol. The number of piperazine rings is 1. The van der Waals surface area contributed by atoms with Gasteiger partial charge in [-0.15, -0.1) is 0 Å². The lowest BCUT2D eigenvalue weighted by molar-refractivity contribution is -0.133. The van der Waals surface area contributed by atoms with Gasteiger partial charge in [0, 0.05) is 50.2 Å². The molecule has 2 heterocycles. The van der Waals surface area contributed by atoms with E-state index in [1.54, 1.807) is 0 Å². The van der Waals surface area contributed by atoms with Crippen molar-refractivity contribution in [1.82, 2.24) is 15.1 Å². The molecule has 2 aliphatic rings. The number of anilines is 1. The van der Waals surface area contributed by atoms with Crippen LogP contribution in [0.25, 0.3) is 0 Å². The normalized spacial score (nSPS) is 19.9. The van der Waals surface area contributed by atoms with E-state index in [4.69, 9.17) is 0 Å². The van der Waals surface area contributed by atoms with Crippen LogP contribution in [0.5, 0.6) is 0 Å². The topological polar surface area (TPSA) is 81.8 Å². The van der Waals surface area contributed by atoms with Crippen molar-refractivity contribution in [2.45, 2.75) is 39.2 Å². The molecule has 1 aromatic rings. The third-order valence-corrected chi connectivity index (χ3v) is 5.36. The van der Waals surface area contributed by atoms with Crippen LogP contribution in [0.1, 0.15) is 32.3 Å². The Hall–Kier alpha value is -2.41. The van der Waals surface area contributed by atoms with E-state index < -0.39 is 0 Å². The summed E-state index contributed by atoms with van der Waals surface area (Å²) in [7, 11) is 0. The van der Waals surface area contributed by atoms with Crippen molar-refractivity contribution in [3.8, 4) is 0 Å². The van der Waals surface area contributed by atoms with E-state index in [2.05, 4.69) is 15.5 Å². The molecule has 0 saturated carbocycles. The zero-order chi connectivity index (χ0) is 20.1. The predicted molar refractivity (Wildman–Crippen MR) is 108 cm³/mol. The van der Waals surface area contributed by atoms with Gasteiger partial charge in [0.15, 0.2) is 0 Å². The number of hydrogen-bond donors (Lipinski definition) is 2. The standard InChI is InChI=1S/C21H30N4O3/c1-15(2)22-19(26)14-24-9-11-25(12-10-24)20(27)8-7-17-13-16-5-3-4-6-18(16)23-21(17)28/h3-6,15,17H,7-14H2,1-2H3,(H,22,26)(H,23,28). The quantitative estimate of drug-likeness (QED) is 0.771. The third-order valence-electron chi connectivity index (χ3n) is 5.36. The molecule has 7 nitrogen and oxygen atoms in total. The Kier molecular flexibility index (Phi) is 6.67. The van der Waals surface area contributed by atoms with Crippen LogP contribution < -0.4 is 10.6 Å². The first-order valence-corrected chi connectivity index (χ1v) is 10.1. The van der Waals surface area contributed by atoms with Gasteiger partial charge in [0.2, 0.25) is 17.7 Å². The molecule has 1 saturated heterocycles. The third kappa shape index (κ3) is 5.32. The molecule has 0 aromatic heterocycles. The summed E-state index contributed by atoms with van der Waals surface area (Å²) >= 11 is 0. The van der Waals surface area contributed by atoms with Crippen LogP contribution in [-0.4, -0.2) is 66.3 Å². The predicted octanol–water partition coefficient (Wildman–Crippen LogP) is 1.25.